The second-order valence-electron chi connectivity index (χ2n) is 5.81. The Morgan fingerprint density at radius 1 is 1.43 bits per heavy atom. The second-order valence-corrected chi connectivity index (χ2v) is 6.22. The maximum atomic E-state index is 14.4. The van der Waals surface area contributed by atoms with Crippen molar-refractivity contribution >= 4 is 11.6 Å². The van der Waals surface area contributed by atoms with E-state index in [9.17, 15) is 4.39 Å². The van der Waals surface area contributed by atoms with E-state index in [2.05, 4.69) is 23.8 Å². The van der Waals surface area contributed by atoms with Crippen molar-refractivity contribution in [1.82, 2.24) is 9.80 Å². The van der Waals surface area contributed by atoms with Crippen LogP contribution >= 0.6 is 11.6 Å². The molecule has 1 heterocycles. The van der Waals surface area contributed by atoms with E-state index < -0.39 is 0 Å². The quantitative estimate of drug-likeness (QED) is 0.927. The Morgan fingerprint density at radius 3 is 2.86 bits per heavy atom. The van der Waals surface area contributed by atoms with Gasteiger partial charge in [-0.3, -0.25) is 4.90 Å². The fraction of sp³-hybridized carbons (Fsp3) is 0.625. The average molecular weight is 314 g/mol. The molecular weight excluding hydrogens is 289 g/mol. The van der Waals surface area contributed by atoms with Crippen LogP contribution in [-0.4, -0.2) is 49.1 Å². The highest BCUT2D eigenvalue weighted by Crippen LogP contribution is 2.30. The first-order valence-electron chi connectivity index (χ1n) is 7.66. The summed E-state index contributed by atoms with van der Waals surface area (Å²) in [4.78, 5) is 4.70. The van der Waals surface area contributed by atoms with E-state index >= 15 is 0 Å². The number of rotatable bonds is 4. The maximum absolute atomic E-state index is 14.4. The van der Waals surface area contributed by atoms with Gasteiger partial charge in [0.1, 0.15) is 5.82 Å². The number of likely N-dealkylation sites (N-methyl/N-ethyl adjacent to an activating group) is 1. The van der Waals surface area contributed by atoms with E-state index in [1.807, 2.05) is 0 Å². The molecule has 1 saturated heterocycles. The Morgan fingerprint density at radius 2 is 2.19 bits per heavy atom. The fourth-order valence-corrected chi connectivity index (χ4v) is 3.44. The lowest BCUT2D eigenvalue weighted by atomic mass is 10.0. The van der Waals surface area contributed by atoms with Crippen LogP contribution in [-0.2, 0) is 0 Å². The van der Waals surface area contributed by atoms with E-state index in [1.54, 1.807) is 18.2 Å². The molecule has 2 unspecified atom stereocenters. The summed E-state index contributed by atoms with van der Waals surface area (Å²) < 4.78 is 14.4. The minimum Gasteiger partial charge on any atom is -0.329 e. The normalized spacial score (nSPS) is 23.0. The van der Waals surface area contributed by atoms with Gasteiger partial charge in [0.25, 0.3) is 0 Å². The molecule has 1 aromatic carbocycles. The Hall–Kier alpha value is -0.680. The zero-order valence-electron chi connectivity index (χ0n) is 12.9. The first-order valence-corrected chi connectivity index (χ1v) is 8.04. The molecule has 0 aromatic heterocycles. The lowest BCUT2D eigenvalue weighted by molar-refractivity contribution is 0.129. The summed E-state index contributed by atoms with van der Waals surface area (Å²) >= 11 is 5.94. The van der Waals surface area contributed by atoms with E-state index in [0.717, 1.165) is 32.5 Å². The van der Waals surface area contributed by atoms with Crippen LogP contribution in [0.25, 0.3) is 0 Å². The number of nitrogens with zero attached hydrogens (tertiary/aromatic N) is 2. The predicted molar refractivity (Wildman–Crippen MR) is 86.1 cm³/mol. The second kappa shape index (κ2) is 7.54. The molecule has 0 saturated carbocycles. The summed E-state index contributed by atoms with van der Waals surface area (Å²) in [6, 6.07) is 5.47. The van der Waals surface area contributed by atoms with Crippen LogP contribution in [0.3, 0.4) is 0 Å². The number of hydrogen-bond donors (Lipinski definition) is 1. The summed E-state index contributed by atoms with van der Waals surface area (Å²) in [5.74, 6) is -0.331. The van der Waals surface area contributed by atoms with Crippen molar-refractivity contribution in [2.24, 2.45) is 5.73 Å². The van der Waals surface area contributed by atoms with Gasteiger partial charge in [0, 0.05) is 31.2 Å². The van der Waals surface area contributed by atoms with Crippen molar-refractivity contribution in [3.05, 3.63) is 34.6 Å². The minimum absolute atomic E-state index is 0.111. The molecule has 2 atom stereocenters. The van der Waals surface area contributed by atoms with Crippen LogP contribution in [0.15, 0.2) is 18.2 Å². The van der Waals surface area contributed by atoms with Crippen molar-refractivity contribution in [3.8, 4) is 0 Å². The van der Waals surface area contributed by atoms with Gasteiger partial charge >= 0.3 is 0 Å². The number of nitrogens with two attached hydrogens (primary N) is 1. The van der Waals surface area contributed by atoms with Crippen molar-refractivity contribution < 1.29 is 4.39 Å². The molecule has 0 radical (unpaired) electrons. The summed E-state index contributed by atoms with van der Waals surface area (Å²) in [5, 5.41) is 0.172. The van der Waals surface area contributed by atoms with Gasteiger partial charge in [-0.1, -0.05) is 30.7 Å². The van der Waals surface area contributed by atoms with Crippen LogP contribution in [0, 0.1) is 5.82 Å². The van der Waals surface area contributed by atoms with Gasteiger partial charge < -0.3 is 10.6 Å². The molecule has 0 bridgehead atoms. The largest absolute Gasteiger partial charge is 0.329 e. The highest BCUT2D eigenvalue weighted by Gasteiger charge is 2.30. The van der Waals surface area contributed by atoms with Crippen LogP contribution in [0.5, 0.6) is 0 Å². The molecule has 2 N–H and O–H groups in total. The summed E-state index contributed by atoms with van der Waals surface area (Å²) in [7, 11) is 2.14. The molecule has 1 aliphatic rings. The van der Waals surface area contributed by atoms with E-state index in [0.29, 0.717) is 18.2 Å². The van der Waals surface area contributed by atoms with Crippen LogP contribution in [0.1, 0.15) is 31.4 Å². The first-order chi connectivity index (χ1) is 10.1. The number of benzene rings is 1. The standard InChI is InChI=1S/C16H25ClFN3/c1-3-12-11-20(2)8-5-9-21(12)15(10-19)13-6-4-7-14(17)16(13)18/h4,6-7,12,15H,3,5,8-11,19H2,1-2H3. The maximum Gasteiger partial charge on any atom is 0.146 e. The van der Waals surface area contributed by atoms with Gasteiger partial charge in [-0.15, -0.1) is 0 Å². The third-order valence-electron chi connectivity index (χ3n) is 4.38. The molecule has 0 amide bonds. The van der Waals surface area contributed by atoms with Crippen molar-refractivity contribution in [2.75, 3.05) is 33.2 Å². The molecule has 2 rings (SSSR count). The van der Waals surface area contributed by atoms with E-state index in [1.165, 1.54) is 0 Å². The zero-order chi connectivity index (χ0) is 15.4. The van der Waals surface area contributed by atoms with Crippen LogP contribution in [0.2, 0.25) is 5.02 Å². The van der Waals surface area contributed by atoms with E-state index in [-0.39, 0.29) is 16.9 Å². The van der Waals surface area contributed by atoms with E-state index in [4.69, 9.17) is 17.3 Å². The lowest BCUT2D eigenvalue weighted by Gasteiger charge is -2.37. The first kappa shape index (κ1) is 16.7. The average Bonchev–Trinajstić information content (AvgIpc) is 2.66. The highest BCUT2D eigenvalue weighted by atomic mass is 35.5. The summed E-state index contributed by atoms with van der Waals surface area (Å²) in [5.41, 5.74) is 6.61. The third-order valence-corrected chi connectivity index (χ3v) is 4.67. The molecule has 0 spiro atoms. The molecule has 1 fully saturated rings. The minimum atomic E-state index is -0.331. The summed E-state index contributed by atoms with van der Waals surface area (Å²) in [6.45, 7) is 5.59. The number of hydrogen-bond acceptors (Lipinski definition) is 3. The van der Waals surface area contributed by atoms with Gasteiger partial charge in [-0.05, 0) is 32.5 Å². The molecule has 1 aliphatic heterocycles. The Kier molecular flexibility index (Phi) is 5.99. The zero-order valence-corrected chi connectivity index (χ0v) is 13.6. The van der Waals surface area contributed by atoms with Crippen LogP contribution < -0.4 is 5.73 Å². The topological polar surface area (TPSA) is 32.5 Å². The molecule has 5 heteroatoms. The highest BCUT2D eigenvalue weighted by molar-refractivity contribution is 6.30. The molecule has 118 valence electrons. The summed E-state index contributed by atoms with van der Waals surface area (Å²) in [6.07, 6.45) is 2.11. The van der Waals surface area contributed by atoms with Crippen molar-refractivity contribution in [1.29, 1.82) is 0 Å². The molecular formula is C16H25ClFN3. The van der Waals surface area contributed by atoms with Gasteiger partial charge in [0.15, 0.2) is 0 Å². The molecule has 0 aliphatic carbocycles. The van der Waals surface area contributed by atoms with Gasteiger partial charge in [0.05, 0.1) is 11.1 Å². The van der Waals surface area contributed by atoms with Gasteiger partial charge in [0.2, 0.25) is 0 Å². The molecule has 3 nitrogen and oxygen atoms in total. The van der Waals surface area contributed by atoms with Crippen molar-refractivity contribution in [2.45, 2.75) is 31.8 Å². The monoisotopic (exact) mass is 313 g/mol. The SMILES string of the molecule is CCC1CN(C)CCCN1C(CN)c1cccc(Cl)c1F. The predicted octanol–water partition coefficient (Wildman–Crippen LogP) is 2.90. The fourth-order valence-electron chi connectivity index (χ4n) is 3.25. The Labute approximate surface area is 131 Å². The smallest absolute Gasteiger partial charge is 0.146 e. The van der Waals surface area contributed by atoms with Gasteiger partial charge in [-0.2, -0.15) is 0 Å². The number of halogens is 2. The van der Waals surface area contributed by atoms with Gasteiger partial charge in [-0.25, -0.2) is 4.39 Å². The molecule has 21 heavy (non-hydrogen) atoms. The Balaban J connectivity index is 2.32. The molecule has 1 aromatic rings. The lowest BCUT2D eigenvalue weighted by Crippen LogP contribution is -2.44. The van der Waals surface area contributed by atoms with Crippen molar-refractivity contribution in [3.63, 3.8) is 0 Å². The third kappa shape index (κ3) is 3.75. The Bertz CT molecular complexity index is 469. The van der Waals surface area contributed by atoms with Crippen LogP contribution in [0.4, 0.5) is 4.39 Å².